The number of esters is 1. The molecule has 1 fully saturated rings. The third-order valence-electron chi connectivity index (χ3n) is 5.81. The molecule has 4 rings (SSSR count). The van der Waals surface area contributed by atoms with Crippen molar-refractivity contribution < 1.29 is 22.7 Å². The first-order chi connectivity index (χ1) is 15.3. The molecule has 7 nitrogen and oxygen atoms in total. The lowest BCUT2D eigenvalue weighted by Gasteiger charge is -2.23. The number of hydrogen-bond donors (Lipinski definition) is 1. The summed E-state index contributed by atoms with van der Waals surface area (Å²) in [6.45, 7) is 2.24. The molecule has 0 spiro atoms. The minimum absolute atomic E-state index is 0.0976. The lowest BCUT2D eigenvalue weighted by atomic mass is 9.95. The monoisotopic (exact) mass is 496 g/mol. The highest BCUT2D eigenvalue weighted by molar-refractivity contribution is 7.89. The maximum absolute atomic E-state index is 13.2. The largest absolute Gasteiger partial charge is 0.462 e. The van der Waals surface area contributed by atoms with Crippen LogP contribution in [0, 0.1) is 0 Å². The van der Waals surface area contributed by atoms with E-state index < -0.39 is 27.9 Å². The van der Waals surface area contributed by atoms with Crippen molar-refractivity contribution in [2.45, 2.75) is 56.4 Å². The van der Waals surface area contributed by atoms with Gasteiger partial charge in [0.05, 0.1) is 17.1 Å². The van der Waals surface area contributed by atoms with Gasteiger partial charge in [0.15, 0.2) is 0 Å². The predicted octanol–water partition coefficient (Wildman–Crippen LogP) is 4.25. The number of benzene rings is 1. The van der Waals surface area contributed by atoms with Gasteiger partial charge in [-0.15, -0.1) is 11.3 Å². The third kappa shape index (κ3) is 4.44. The van der Waals surface area contributed by atoms with Crippen LogP contribution in [0.3, 0.4) is 0 Å². The summed E-state index contributed by atoms with van der Waals surface area (Å²) in [5.74, 6) is -0.872. The Balaban J connectivity index is 1.60. The van der Waals surface area contributed by atoms with Crippen LogP contribution in [0.15, 0.2) is 29.2 Å². The highest BCUT2D eigenvalue weighted by Gasteiger charge is 2.40. The number of halogens is 1. The number of nitrogens with one attached hydrogen (secondary N) is 1. The normalized spacial score (nSPS) is 18.9. The Morgan fingerprint density at radius 1 is 1.19 bits per heavy atom. The molecule has 1 unspecified atom stereocenters. The van der Waals surface area contributed by atoms with Gasteiger partial charge in [-0.2, -0.15) is 4.31 Å². The summed E-state index contributed by atoms with van der Waals surface area (Å²) in [4.78, 5) is 27.1. The molecule has 1 aliphatic carbocycles. The molecule has 1 saturated heterocycles. The number of amides is 1. The molecule has 1 aromatic carbocycles. The summed E-state index contributed by atoms with van der Waals surface area (Å²) in [6.07, 6.45) is 4.66. The number of carbonyl (C=O) groups is 2. The van der Waals surface area contributed by atoms with E-state index in [0.717, 1.165) is 36.1 Å². The molecule has 2 aliphatic rings. The van der Waals surface area contributed by atoms with E-state index in [1.54, 1.807) is 6.92 Å². The van der Waals surface area contributed by atoms with Crippen LogP contribution in [-0.4, -0.2) is 43.8 Å². The van der Waals surface area contributed by atoms with Crippen LogP contribution >= 0.6 is 22.9 Å². The average molecular weight is 497 g/mol. The van der Waals surface area contributed by atoms with Gasteiger partial charge in [0.25, 0.3) is 0 Å². The zero-order valence-electron chi connectivity index (χ0n) is 17.7. The molecular formula is C22H25ClN2O5S2. The molecule has 0 radical (unpaired) electrons. The molecule has 1 amide bonds. The maximum atomic E-state index is 13.2. The Kier molecular flexibility index (Phi) is 6.90. The number of rotatable bonds is 6. The van der Waals surface area contributed by atoms with Crippen LogP contribution in [0.4, 0.5) is 5.00 Å². The van der Waals surface area contributed by atoms with E-state index in [1.165, 1.54) is 39.9 Å². The first-order valence-electron chi connectivity index (χ1n) is 10.7. The van der Waals surface area contributed by atoms with Crippen molar-refractivity contribution in [3.63, 3.8) is 0 Å². The fourth-order valence-corrected chi connectivity index (χ4v) is 7.36. The van der Waals surface area contributed by atoms with E-state index in [2.05, 4.69) is 5.32 Å². The fraction of sp³-hybridized carbons (Fsp3) is 0.455. The highest BCUT2D eigenvalue weighted by atomic mass is 35.5. The van der Waals surface area contributed by atoms with Gasteiger partial charge in [-0.05, 0) is 75.3 Å². The second-order valence-corrected chi connectivity index (χ2v) is 11.3. The van der Waals surface area contributed by atoms with E-state index in [9.17, 15) is 18.0 Å². The van der Waals surface area contributed by atoms with Gasteiger partial charge in [-0.3, -0.25) is 4.79 Å². The number of thiophene rings is 1. The van der Waals surface area contributed by atoms with Crippen molar-refractivity contribution >= 4 is 49.8 Å². The molecule has 1 atom stereocenters. The minimum Gasteiger partial charge on any atom is -0.462 e. The first-order valence-corrected chi connectivity index (χ1v) is 13.4. The van der Waals surface area contributed by atoms with E-state index in [1.807, 2.05) is 0 Å². The molecule has 2 heterocycles. The molecule has 0 bridgehead atoms. The van der Waals surface area contributed by atoms with Gasteiger partial charge in [0.1, 0.15) is 11.0 Å². The number of aryl methyl sites for hydroxylation is 1. The molecule has 10 heteroatoms. The van der Waals surface area contributed by atoms with Crippen molar-refractivity contribution in [3.05, 3.63) is 45.3 Å². The molecule has 0 saturated carbocycles. The van der Waals surface area contributed by atoms with Crippen LogP contribution < -0.4 is 5.32 Å². The number of anilines is 1. The predicted molar refractivity (Wildman–Crippen MR) is 124 cm³/mol. The van der Waals surface area contributed by atoms with E-state index in [4.69, 9.17) is 16.3 Å². The van der Waals surface area contributed by atoms with Crippen LogP contribution in [0.5, 0.6) is 0 Å². The Hall–Kier alpha value is -1.94. The van der Waals surface area contributed by atoms with Gasteiger partial charge in [-0.1, -0.05) is 11.6 Å². The molecule has 2 aromatic rings. The van der Waals surface area contributed by atoms with Crippen LogP contribution in [0.25, 0.3) is 0 Å². The van der Waals surface area contributed by atoms with Crippen molar-refractivity contribution in [1.29, 1.82) is 0 Å². The van der Waals surface area contributed by atoms with Crippen molar-refractivity contribution in [3.8, 4) is 0 Å². The number of carbonyl (C=O) groups excluding carboxylic acids is 2. The summed E-state index contributed by atoms with van der Waals surface area (Å²) >= 11 is 7.28. The van der Waals surface area contributed by atoms with E-state index in [0.29, 0.717) is 28.4 Å². The average Bonchev–Trinajstić information content (AvgIpc) is 3.39. The van der Waals surface area contributed by atoms with Crippen LogP contribution in [-0.2, 0) is 32.4 Å². The topological polar surface area (TPSA) is 92.8 Å². The Bertz CT molecular complexity index is 1130. The van der Waals surface area contributed by atoms with Gasteiger partial charge >= 0.3 is 5.97 Å². The fourth-order valence-electron chi connectivity index (χ4n) is 4.30. The summed E-state index contributed by atoms with van der Waals surface area (Å²) in [7, 11) is -3.85. The number of fused-ring (bicyclic) bond motifs is 1. The number of sulfonamides is 1. The SMILES string of the molecule is CCOC(=O)c1c(NC(=O)C2CCCN2S(=O)(=O)c2ccc(Cl)cc2)sc2c1CCCC2. The van der Waals surface area contributed by atoms with E-state index >= 15 is 0 Å². The zero-order chi connectivity index (χ0) is 22.9. The lowest BCUT2D eigenvalue weighted by molar-refractivity contribution is -0.119. The van der Waals surface area contributed by atoms with Gasteiger partial charge in [-0.25, -0.2) is 13.2 Å². The molecule has 1 aliphatic heterocycles. The summed E-state index contributed by atoms with van der Waals surface area (Å²) in [5.41, 5.74) is 1.37. The molecule has 172 valence electrons. The first kappa shape index (κ1) is 23.2. The molecule has 1 N–H and O–H groups in total. The summed E-state index contributed by atoms with van der Waals surface area (Å²) in [5, 5.41) is 3.76. The summed E-state index contributed by atoms with van der Waals surface area (Å²) < 4.78 is 32.8. The summed E-state index contributed by atoms with van der Waals surface area (Å²) in [6, 6.07) is 5.07. The maximum Gasteiger partial charge on any atom is 0.341 e. The Labute approximate surface area is 196 Å². The Morgan fingerprint density at radius 2 is 1.91 bits per heavy atom. The third-order valence-corrected chi connectivity index (χ3v) is 9.20. The Morgan fingerprint density at radius 3 is 2.62 bits per heavy atom. The molecule has 32 heavy (non-hydrogen) atoms. The second kappa shape index (κ2) is 9.51. The van der Waals surface area contributed by atoms with Crippen LogP contribution in [0.1, 0.15) is 53.4 Å². The van der Waals surface area contributed by atoms with Crippen molar-refractivity contribution in [2.75, 3.05) is 18.5 Å². The van der Waals surface area contributed by atoms with E-state index in [-0.39, 0.29) is 18.0 Å². The molecular weight excluding hydrogens is 472 g/mol. The van der Waals surface area contributed by atoms with Gasteiger partial charge in [0.2, 0.25) is 15.9 Å². The van der Waals surface area contributed by atoms with Crippen LogP contribution in [0.2, 0.25) is 5.02 Å². The lowest BCUT2D eigenvalue weighted by Crippen LogP contribution is -2.43. The minimum atomic E-state index is -3.85. The number of nitrogens with zero attached hydrogens (tertiary/aromatic N) is 1. The van der Waals surface area contributed by atoms with Crippen molar-refractivity contribution in [2.24, 2.45) is 0 Å². The van der Waals surface area contributed by atoms with Gasteiger partial charge < -0.3 is 10.1 Å². The second-order valence-electron chi connectivity index (χ2n) is 7.85. The standard InChI is InChI=1S/C22H25ClN2O5S2/c1-2-30-22(27)19-16-6-3-4-8-18(16)31-21(19)24-20(26)17-7-5-13-25(17)32(28,29)15-11-9-14(23)10-12-15/h9-12,17H,2-8,13H2,1H3,(H,24,26). The number of hydrogen-bond acceptors (Lipinski definition) is 6. The quantitative estimate of drug-likeness (QED) is 0.603. The van der Waals surface area contributed by atoms with Gasteiger partial charge in [0, 0.05) is 16.4 Å². The highest BCUT2D eigenvalue weighted by Crippen LogP contribution is 2.39. The molecule has 1 aromatic heterocycles. The van der Waals surface area contributed by atoms with Crippen molar-refractivity contribution in [1.82, 2.24) is 4.31 Å². The zero-order valence-corrected chi connectivity index (χ0v) is 20.1. The smallest absolute Gasteiger partial charge is 0.341 e. The number of ether oxygens (including phenoxy) is 1.